The second-order valence-corrected chi connectivity index (χ2v) is 5.16. The van der Waals surface area contributed by atoms with E-state index in [0.717, 1.165) is 0 Å². The van der Waals surface area contributed by atoms with Crippen LogP contribution in [-0.2, 0) is 9.53 Å². The Hall–Kier alpha value is -1.30. The average molecular weight is 232 g/mol. The van der Waals surface area contributed by atoms with Gasteiger partial charge in [0.2, 0.25) is 0 Å². The van der Waals surface area contributed by atoms with E-state index in [-0.39, 0.29) is 0 Å². The molecule has 6 nitrogen and oxygen atoms in total. The van der Waals surface area contributed by atoms with Gasteiger partial charge in [-0.05, 0) is 34.6 Å². The summed E-state index contributed by atoms with van der Waals surface area (Å²) in [5.41, 5.74) is 3.73. The lowest BCUT2D eigenvalue weighted by molar-refractivity contribution is -0.140. The summed E-state index contributed by atoms with van der Waals surface area (Å²) in [6.07, 6.45) is -0.686. The van der Waals surface area contributed by atoms with Gasteiger partial charge in [0.1, 0.15) is 11.6 Å². The second-order valence-electron chi connectivity index (χ2n) is 5.16. The number of carboxylic acid groups (broad SMARTS) is 1. The molecule has 0 saturated carbocycles. The zero-order valence-electron chi connectivity index (χ0n) is 10.3. The first-order valence-electron chi connectivity index (χ1n) is 4.95. The number of amides is 1. The highest BCUT2D eigenvalue weighted by Crippen LogP contribution is 2.11. The standard InChI is InChI=1S/C10H20N2O4/c1-9(2,3)16-8(15)12-10(4,5)6(11)7(13)14/h6H,11H2,1-5H3,(H,12,15)(H,13,14)/t6-/m0/s1. The van der Waals surface area contributed by atoms with Crippen LogP contribution in [0.1, 0.15) is 34.6 Å². The summed E-state index contributed by atoms with van der Waals surface area (Å²) in [6.45, 7) is 8.20. The molecule has 4 N–H and O–H groups in total. The molecule has 0 aromatic heterocycles. The summed E-state index contributed by atoms with van der Waals surface area (Å²) >= 11 is 0. The smallest absolute Gasteiger partial charge is 0.408 e. The molecule has 0 spiro atoms. The molecule has 1 amide bonds. The van der Waals surface area contributed by atoms with E-state index in [1.807, 2.05) is 0 Å². The minimum atomic E-state index is -1.19. The highest BCUT2D eigenvalue weighted by atomic mass is 16.6. The van der Waals surface area contributed by atoms with Crippen LogP contribution in [0.3, 0.4) is 0 Å². The monoisotopic (exact) mass is 232 g/mol. The molecule has 94 valence electrons. The van der Waals surface area contributed by atoms with Crippen LogP contribution in [0.4, 0.5) is 4.79 Å². The Kier molecular flexibility index (Phi) is 4.31. The van der Waals surface area contributed by atoms with Crippen LogP contribution in [0.15, 0.2) is 0 Å². The lowest BCUT2D eigenvalue weighted by Gasteiger charge is -2.31. The second kappa shape index (κ2) is 4.69. The Morgan fingerprint density at radius 2 is 1.69 bits per heavy atom. The van der Waals surface area contributed by atoms with E-state index in [1.165, 1.54) is 13.8 Å². The van der Waals surface area contributed by atoms with Crippen LogP contribution in [0.25, 0.3) is 0 Å². The number of alkyl carbamates (subject to hydrolysis) is 1. The Balaban J connectivity index is 4.48. The maximum Gasteiger partial charge on any atom is 0.408 e. The zero-order valence-corrected chi connectivity index (χ0v) is 10.3. The van der Waals surface area contributed by atoms with E-state index in [2.05, 4.69) is 5.32 Å². The molecule has 0 heterocycles. The van der Waals surface area contributed by atoms with Gasteiger partial charge in [-0.15, -0.1) is 0 Å². The van der Waals surface area contributed by atoms with Crippen molar-refractivity contribution in [3.05, 3.63) is 0 Å². The van der Waals surface area contributed by atoms with Gasteiger partial charge in [-0.25, -0.2) is 4.79 Å². The number of carbonyl (C=O) groups excluding carboxylic acids is 1. The fraction of sp³-hybridized carbons (Fsp3) is 0.800. The van der Waals surface area contributed by atoms with Crippen LogP contribution >= 0.6 is 0 Å². The molecule has 1 atom stereocenters. The average Bonchev–Trinajstić information content (AvgIpc) is 1.97. The predicted octanol–water partition coefficient (Wildman–Crippen LogP) is 0.702. The van der Waals surface area contributed by atoms with Crippen LogP contribution < -0.4 is 11.1 Å². The molecule has 0 saturated heterocycles. The minimum absolute atomic E-state index is 0.631. The maximum atomic E-state index is 11.4. The normalized spacial score (nSPS) is 14.1. The Morgan fingerprint density at radius 3 is 2.00 bits per heavy atom. The fourth-order valence-corrected chi connectivity index (χ4v) is 0.953. The fourth-order valence-electron chi connectivity index (χ4n) is 0.953. The summed E-state index contributed by atoms with van der Waals surface area (Å²) in [6, 6.07) is -1.19. The lowest BCUT2D eigenvalue weighted by Crippen LogP contribution is -2.59. The number of hydrogen-bond donors (Lipinski definition) is 3. The van der Waals surface area contributed by atoms with E-state index in [1.54, 1.807) is 20.8 Å². The summed E-state index contributed by atoms with van der Waals surface area (Å²) in [7, 11) is 0. The lowest BCUT2D eigenvalue weighted by atomic mass is 9.96. The van der Waals surface area contributed by atoms with Crippen molar-refractivity contribution in [2.45, 2.75) is 51.8 Å². The van der Waals surface area contributed by atoms with Gasteiger partial charge in [0.25, 0.3) is 0 Å². The van der Waals surface area contributed by atoms with Crippen molar-refractivity contribution in [2.75, 3.05) is 0 Å². The first kappa shape index (κ1) is 14.7. The molecule has 0 aromatic rings. The summed E-state index contributed by atoms with van der Waals surface area (Å²) < 4.78 is 5.00. The van der Waals surface area contributed by atoms with Crippen LogP contribution in [0.5, 0.6) is 0 Å². The van der Waals surface area contributed by atoms with Gasteiger partial charge in [0.15, 0.2) is 0 Å². The van der Waals surface area contributed by atoms with Gasteiger partial charge in [-0.3, -0.25) is 4.79 Å². The van der Waals surface area contributed by atoms with Crippen molar-refractivity contribution >= 4 is 12.1 Å². The number of rotatable bonds is 3. The molecule has 0 rings (SSSR count). The highest BCUT2D eigenvalue weighted by molar-refractivity contribution is 5.77. The van der Waals surface area contributed by atoms with Crippen molar-refractivity contribution in [3.8, 4) is 0 Å². The number of ether oxygens (including phenoxy) is 1. The molecule has 0 aliphatic heterocycles. The molecular weight excluding hydrogens is 212 g/mol. The number of nitrogens with two attached hydrogens (primary N) is 1. The van der Waals surface area contributed by atoms with Gasteiger partial charge in [0.05, 0.1) is 5.54 Å². The van der Waals surface area contributed by atoms with Crippen molar-refractivity contribution in [2.24, 2.45) is 5.73 Å². The van der Waals surface area contributed by atoms with Gasteiger partial charge in [-0.2, -0.15) is 0 Å². The highest BCUT2D eigenvalue weighted by Gasteiger charge is 2.34. The SMILES string of the molecule is CC(C)(C)OC(=O)NC(C)(C)[C@@H](N)C(=O)O. The summed E-state index contributed by atoms with van der Waals surface area (Å²) in [4.78, 5) is 22.1. The van der Waals surface area contributed by atoms with Crippen LogP contribution in [-0.4, -0.2) is 34.4 Å². The third-order valence-corrected chi connectivity index (χ3v) is 1.87. The van der Waals surface area contributed by atoms with E-state index in [4.69, 9.17) is 15.6 Å². The predicted molar refractivity (Wildman–Crippen MR) is 59.1 cm³/mol. The quantitative estimate of drug-likeness (QED) is 0.665. The molecule has 16 heavy (non-hydrogen) atoms. The van der Waals surface area contributed by atoms with E-state index in [0.29, 0.717) is 0 Å². The first-order valence-corrected chi connectivity index (χ1v) is 4.95. The van der Waals surface area contributed by atoms with Crippen molar-refractivity contribution in [1.29, 1.82) is 0 Å². The summed E-state index contributed by atoms with van der Waals surface area (Å²) in [5.74, 6) is -1.18. The Labute approximate surface area is 95.1 Å². The molecule has 6 heteroatoms. The minimum Gasteiger partial charge on any atom is -0.480 e. The number of carbonyl (C=O) groups is 2. The number of hydrogen-bond acceptors (Lipinski definition) is 4. The number of carboxylic acids is 1. The van der Waals surface area contributed by atoms with Crippen LogP contribution in [0.2, 0.25) is 0 Å². The van der Waals surface area contributed by atoms with E-state index >= 15 is 0 Å². The molecule has 0 aliphatic rings. The van der Waals surface area contributed by atoms with E-state index < -0.39 is 29.2 Å². The molecular formula is C10H20N2O4. The largest absolute Gasteiger partial charge is 0.480 e. The van der Waals surface area contributed by atoms with Crippen LogP contribution in [0, 0.1) is 0 Å². The van der Waals surface area contributed by atoms with Crippen molar-refractivity contribution in [3.63, 3.8) is 0 Å². The van der Waals surface area contributed by atoms with Gasteiger partial charge in [-0.1, -0.05) is 0 Å². The first-order chi connectivity index (χ1) is 6.96. The molecule has 0 radical (unpaired) electrons. The summed E-state index contributed by atoms with van der Waals surface area (Å²) in [5, 5.41) is 11.2. The zero-order chi connectivity index (χ0) is 13.1. The van der Waals surface area contributed by atoms with Crippen molar-refractivity contribution in [1.82, 2.24) is 5.32 Å². The van der Waals surface area contributed by atoms with Crippen molar-refractivity contribution < 1.29 is 19.4 Å². The molecule has 0 aromatic carbocycles. The van der Waals surface area contributed by atoms with Gasteiger partial charge >= 0.3 is 12.1 Å². The maximum absolute atomic E-state index is 11.4. The topological polar surface area (TPSA) is 102 Å². The molecule has 0 aliphatic carbocycles. The third kappa shape index (κ3) is 4.97. The molecule has 0 fully saturated rings. The Bertz CT molecular complexity index is 281. The molecule has 0 unspecified atom stereocenters. The van der Waals surface area contributed by atoms with E-state index in [9.17, 15) is 9.59 Å². The van der Waals surface area contributed by atoms with Gasteiger partial charge < -0.3 is 20.9 Å². The molecule has 0 bridgehead atoms. The Morgan fingerprint density at radius 1 is 1.25 bits per heavy atom. The third-order valence-electron chi connectivity index (χ3n) is 1.87. The number of aliphatic carboxylic acids is 1. The number of nitrogens with one attached hydrogen (secondary N) is 1. The van der Waals surface area contributed by atoms with Gasteiger partial charge in [0, 0.05) is 0 Å².